The molecule has 0 aromatic rings. The molecule has 2 heterocycles. The van der Waals surface area contributed by atoms with Crippen LogP contribution >= 0.6 is 0 Å². The van der Waals surface area contributed by atoms with Crippen LogP contribution in [0.1, 0.15) is 38.5 Å². The summed E-state index contributed by atoms with van der Waals surface area (Å²) in [7, 11) is 2.32. The summed E-state index contributed by atoms with van der Waals surface area (Å²) in [6.07, 6.45) is 8.47. The van der Waals surface area contributed by atoms with Crippen LogP contribution in [-0.2, 0) is 0 Å². The summed E-state index contributed by atoms with van der Waals surface area (Å²) in [5, 5.41) is 0. The zero-order valence-corrected chi connectivity index (χ0v) is 11.9. The number of nitrogens with zero attached hydrogens (tertiary/aromatic N) is 2. The Morgan fingerprint density at radius 2 is 1.94 bits per heavy atom. The van der Waals surface area contributed by atoms with Gasteiger partial charge >= 0.3 is 0 Å². The van der Waals surface area contributed by atoms with E-state index in [4.69, 9.17) is 5.73 Å². The van der Waals surface area contributed by atoms with Gasteiger partial charge in [-0.2, -0.15) is 0 Å². The van der Waals surface area contributed by atoms with Crippen LogP contribution in [0, 0.1) is 11.8 Å². The van der Waals surface area contributed by atoms with Crippen molar-refractivity contribution in [3.8, 4) is 0 Å². The van der Waals surface area contributed by atoms with Crippen molar-refractivity contribution in [1.82, 2.24) is 9.80 Å². The predicted molar refractivity (Wildman–Crippen MR) is 75.5 cm³/mol. The van der Waals surface area contributed by atoms with Crippen molar-refractivity contribution in [3.63, 3.8) is 0 Å². The summed E-state index contributed by atoms with van der Waals surface area (Å²) in [5.41, 5.74) is 6.06. The monoisotopic (exact) mass is 251 g/mol. The second kappa shape index (κ2) is 5.48. The molecule has 0 spiro atoms. The summed E-state index contributed by atoms with van der Waals surface area (Å²) in [5.74, 6) is 1.82. The molecule has 0 aromatic carbocycles. The summed E-state index contributed by atoms with van der Waals surface area (Å²) >= 11 is 0. The normalized spacial score (nSPS) is 37.0. The van der Waals surface area contributed by atoms with Crippen LogP contribution in [-0.4, -0.2) is 55.1 Å². The Morgan fingerprint density at radius 3 is 2.61 bits per heavy atom. The zero-order valence-electron chi connectivity index (χ0n) is 11.9. The Hall–Kier alpha value is -0.120. The molecule has 18 heavy (non-hydrogen) atoms. The van der Waals surface area contributed by atoms with E-state index in [9.17, 15) is 0 Å². The molecule has 3 aliphatic rings. The van der Waals surface area contributed by atoms with Gasteiger partial charge in [-0.05, 0) is 57.5 Å². The molecule has 1 saturated carbocycles. The Bertz CT molecular complexity index is 277. The molecule has 3 nitrogen and oxygen atoms in total. The second-order valence-corrected chi connectivity index (χ2v) is 6.73. The maximum atomic E-state index is 6.06. The molecule has 1 aliphatic carbocycles. The third-order valence-electron chi connectivity index (χ3n) is 5.78. The fourth-order valence-electron chi connectivity index (χ4n) is 4.45. The highest BCUT2D eigenvalue weighted by molar-refractivity contribution is 4.94. The van der Waals surface area contributed by atoms with Crippen molar-refractivity contribution in [2.75, 3.05) is 33.2 Å². The molecule has 3 atom stereocenters. The molecule has 3 fully saturated rings. The van der Waals surface area contributed by atoms with Gasteiger partial charge in [0.1, 0.15) is 0 Å². The minimum absolute atomic E-state index is 0.687. The maximum Gasteiger partial charge on any atom is 0.0246 e. The first-order chi connectivity index (χ1) is 8.79. The standard InChI is InChI=1S/C15H29N3/c1-17-8-3-6-13-11-18(9-7-14(13)17)15(10-16)12-4-2-5-12/h12-15H,2-11,16H2,1H3. The molecule has 2 aliphatic heterocycles. The van der Waals surface area contributed by atoms with Gasteiger partial charge < -0.3 is 10.6 Å². The highest BCUT2D eigenvalue weighted by Crippen LogP contribution is 2.36. The van der Waals surface area contributed by atoms with E-state index in [-0.39, 0.29) is 0 Å². The number of likely N-dealkylation sites (tertiary alicyclic amines) is 2. The van der Waals surface area contributed by atoms with E-state index in [2.05, 4.69) is 16.8 Å². The lowest BCUT2D eigenvalue weighted by molar-refractivity contribution is -0.00129. The number of rotatable bonds is 3. The Balaban J connectivity index is 1.61. The number of fused-ring (bicyclic) bond motifs is 1. The second-order valence-electron chi connectivity index (χ2n) is 6.73. The molecule has 3 unspecified atom stereocenters. The first kappa shape index (κ1) is 12.9. The number of hydrogen-bond donors (Lipinski definition) is 1. The molecular weight excluding hydrogens is 222 g/mol. The van der Waals surface area contributed by atoms with Gasteiger partial charge in [0.25, 0.3) is 0 Å². The van der Waals surface area contributed by atoms with Crippen LogP contribution < -0.4 is 5.73 Å². The molecular formula is C15H29N3. The SMILES string of the molecule is CN1CCCC2CN(C(CN)C3CCC3)CCC21. The Kier molecular flexibility index (Phi) is 3.92. The highest BCUT2D eigenvalue weighted by Gasteiger charge is 2.38. The molecule has 2 saturated heterocycles. The van der Waals surface area contributed by atoms with Crippen molar-refractivity contribution >= 4 is 0 Å². The van der Waals surface area contributed by atoms with Crippen molar-refractivity contribution in [1.29, 1.82) is 0 Å². The van der Waals surface area contributed by atoms with Crippen LogP contribution in [0.5, 0.6) is 0 Å². The molecule has 0 bridgehead atoms. The predicted octanol–water partition coefficient (Wildman–Crippen LogP) is 1.53. The third kappa shape index (κ3) is 2.33. The van der Waals surface area contributed by atoms with Crippen LogP contribution in [0.3, 0.4) is 0 Å². The lowest BCUT2D eigenvalue weighted by Crippen LogP contribution is -2.58. The molecule has 0 amide bonds. The fraction of sp³-hybridized carbons (Fsp3) is 1.00. The van der Waals surface area contributed by atoms with E-state index in [1.165, 1.54) is 58.2 Å². The van der Waals surface area contributed by atoms with Gasteiger partial charge in [-0.15, -0.1) is 0 Å². The average Bonchev–Trinajstić information content (AvgIpc) is 2.33. The minimum Gasteiger partial charge on any atom is -0.329 e. The molecule has 2 N–H and O–H groups in total. The number of nitrogens with two attached hydrogens (primary N) is 1. The van der Waals surface area contributed by atoms with Crippen LogP contribution in [0.15, 0.2) is 0 Å². The molecule has 104 valence electrons. The fourth-order valence-corrected chi connectivity index (χ4v) is 4.45. The Labute approximate surface area is 112 Å². The average molecular weight is 251 g/mol. The van der Waals surface area contributed by atoms with E-state index in [1.807, 2.05) is 0 Å². The quantitative estimate of drug-likeness (QED) is 0.825. The van der Waals surface area contributed by atoms with E-state index < -0.39 is 0 Å². The van der Waals surface area contributed by atoms with Crippen molar-refractivity contribution in [2.45, 2.75) is 50.6 Å². The largest absolute Gasteiger partial charge is 0.329 e. The first-order valence-corrected chi connectivity index (χ1v) is 7.94. The third-order valence-corrected chi connectivity index (χ3v) is 5.78. The number of hydrogen-bond acceptors (Lipinski definition) is 3. The van der Waals surface area contributed by atoms with Gasteiger partial charge in [-0.25, -0.2) is 0 Å². The van der Waals surface area contributed by atoms with Crippen molar-refractivity contribution in [3.05, 3.63) is 0 Å². The molecule has 3 heteroatoms. The topological polar surface area (TPSA) is 32.5 Å². The maximum absolute atomic E-state index is 6.06. The minimum atomic E-state index is 0.687. The van der Waals surface area contributed by atoms with Crippen LogP contribution in [0.25, 0.3) is 0 Å². The van der Waals surface area contributed by atoms with E-state index in [1.54, 1.807) is 0 Å². The Morgan fingerprint density at radius 1 is 1.11 bits per heavy atom. The summed E-state index contributed by atoms with van der Waals surface area (Å²) < 4.78 is 0. The van der Waals surface area contributed by atoms with E-state index in [0.29, 0.717) is 6.04 Å². The molecule has 0 radical (unpaired) electrons. The highest BCUT2D eigenvalue weighted by atomic mass is 15.2. The molecule has 0 aromatic heterocycles. The molecule has 3 rings (SSSR count). The lowest BCUT2D eigenvalue weighted by Gasteiger charge is -2.50. The van der Waals surface area contributed by atoms with E-state index >= 15 is 0 Å². The van der Waals surface area contributed by atoms with Gasteiger partial charge in [0.2, 0.25) is 0 Å². The zero-order chi connectivity index (χ0) is 12.5. The van der Waals surface area contributed by atoms with Gasteiger partial charge in [-0.1, -0.05) is 6.42 Å². The van der Waals surface area contributed by atoms with Crippen molar-refractivity contribution < 1.29 is 0 Å². The first-order valence-electron chi connectivity index (χ1n) is 7.94. The smallest absolute Gasteiger partial charge is 0.0246 e. The summed E-state index contributed by atoms with van der Waals surface area (Å²) in [6.45, 7) is 4.78. The van der Waals surface area contributed by atoms with Gasteiger partial charge in [0, 0.05) is 31.7 Å². The van der Waals surface area contributed by atoms with Gasteiger partial charge in [0.05, 0.1) is 0 Å². The van der Waals surface area contributed by atoms with Crippen LogP contribution in [0.4, 0.5) is 0 Å². The summed E-state index contributed by atoms with van der Waals surface area (Å²) in [4.78, 5) is 5.34. The van der Waals surface area contributed by atoms with Crippen LogP contribution in [0.2, 0.25) is 0 Å². The lowest BCUT2D eigenvalue weighted by atomic mass is 9.77. The van der Waals surface area contributed by atoms with Gasteiger partial charge in [-0.3, -0.25) is 4.90 Å². The number of piperidine rings is 2. The summed E-state index contributed by atoms with van der Waals surface area (Å²) in [6, 6.07) is 1.54. The van der Waals surface area contributed by atoms with E-state index in [0.717, 1.165) is 24.4 Å². The van der Waals surface area contributed by atoms with Gasteiger partial charge in [0.15, 0.2) is 0 Å². The van der Waals surface area contributed by atoms with Crippen molar-refractivity contribution in [2.24, 2.45) is 17.6 Å².